The minimum Gasteiger partial charge on any atom is -0.462 e. The second-order valence-electron chi connectivity index (χ2n) is 17.1. The molecular formula is C51H96O6. The maximum absolute atomic E-state index is 12.7. The van der Waals surface area contributed by atoms with Crippen molar-refractivity contribution in [2.45, 2.75) is 284 Å². The third-order valence-corrected chi connectivity index (χ3v) is 11.3. The molecule has 0 saturated heterocycles. The van der Waals surface area contributed by atoms with Crippen LogP contribution in [0.25, 0.3) is 0 Å². The maximum Gasteiger partial charge on any atom is 0.306 e. The van der Waals surface area contributed by atoms with Crippen LogP contribution in [-0.4, -0.2) is 37.2 Å². The summed E-state index contributed by atoms with van der Waals surface area (Å²) < 4.78 is 16.8. The van der Waals surface area contributed by atoms with Crippen molar-refractivity contribution in [1.82, 2.24) is 0 Å². The normalized spacial score (nSPS) is 12.0. The molecule has 0 radical (unpaired) electrons. The summed E-state index contributed by atoms with van der Waals surface area (Å²) in [5.74, 6) is -0.865. The van der Waals surface area contributed by atoms with E-state index in [4.69, 9.17) is 14.2 Å². The van der Waals surface area contributed by atoms with Crippen molar-refractivity contribution < 1.29 is 28.6 Å². The molecule has 0 saturated carbocycles. The number of hydrogen-bond donors (Lipinski definition) is 0. The number of rotatable bonds is 46. The average molecular weight is 805 g/mol. The van der Waals surface area contributed by atoms with Gasteiger partial charge in [-0.25, -0.2) is 0 Å². The maximum atomic E-state index is 12.7. The molecule has 0 amide bonds. The van der Waals surface area contributed by atoms with Gasteiger partial charge in [0.05, 0.1) is 0 Å². The van der Waals surface area contributed by atoms with Gasteiger partial charge in [-0.2, -0.15) is 0 Å². The highest BCUT2D eigenvalue weighted by atomic mass is 16.6. The Morgan fingerprint density at radius 3 is 0.930 bits per heavy atom. The van der Waals surface area contributed by atoms with Crippen LogP contribution in [0.3, 0.4) is 0 Å². The summed E-state index contributed by atoms with van der Waals surface area (Å²) >= 11 is 0. The SMILES string of the molecule is CCCC/C=C\CCCCCCCC(=O)O[C@@H](COC(=O)CCCCCCCCCCCCC)COC(=O)CCCCCCCCCCCCCCCCCCC. The molecule has 0 heterocycles. The van der Waals surface area contributed by atoms with Crippen LogP contribution >= 0.6 is 0 Å². The molecule has 1 atom stereocenters. The number of unbranched alkanes of at least 4 members (excludes halogenated alkanes) is 33. The van der Waals surface area contributed by atoms with Crippen LogP contribution in [0.15, 0.2) is 12.2 Å². The standard InChI is InChI=1S/C51H96O6/c1-4-7-10-13-16-19-22-23-24-25-26-27-30-32-35-38-41-44-50(53)56-47-48(57-51(54)45-42-39-36-33-29-21-18-15-12-9-6-3)46-55-49(52)43-40-37-34-31-28-20-17-14-11-8-5-2/h15,18,48H,4-14,16-17,19-47H2,1-3H3/b18-15-/t48-/m0/s1. The van der Waals surface area contributed by atoms with Crippen LogP contribution in [0.5, 0.6) is 0 Å². The molecule has 0 aliphatic carbocycles. The molecule has 336 valence electrons. The van der Waals surface area contributed by atoms with Crippen molar-refractivity contribution in [3.63, 3.8) is 0 Å². The summed E-state index contributed by atoms with van der Waals surface area (Å²) in [5.41, 5.74) is 0. The molecule has 0 fully saturated rings. The fraction of sp³-hybridized carbons (Fsp3) is 0.902. The first-order chi connectivity index (χ1) is 28.0. The van der Waals surface area contributed by atoms with E-state index in [9.17, 15) is 14.4 Å². The zero-order valence-corrected chi connectivity index (χ0v) is 38.4. The lowest BCUT2D eigenvalue weighted by atomic mass is 10.0. The fourth-order valence-corrected chi connectivity index (χ4v) is 7.42. The van der Waals surface area contributed by atoms with Gasteiger partial charge in [-0.15, -0.1) is 0 Å². The van der Waals surface area contributed by atoms with E-state index in [0.29, 0.717) is 19.3 Å². The van der Waals surface area contributed by atoms with Crippen LogP contribution in [0, 0.1) is 0 Å². The second-order valence-corrected chi connectivity index (χ2v) is 17.1. The van der Waals surface area contributed by atoms with E-state index in [2.05, 4.69) is 32.9 Å². The predicted molar refractivity (Wildman–Crippen MR) is 243 cm³/mol. The summed E-state index contributed by atoms with van der Waals surface area (Å²) in [6, 6.07) is 0. The van der Waals surface area contributed by atoms with Gasteiger partial charge < -0.3 is 14.2 Å². The molecule has 0 aromatic carbocycles. The third kappa shape index (κ3) is 45.1. The van der Waals surface area contributed by atoms with E-state index in [-0.39, 0.29) is 31.1 Å². The summed E-state index contributed by atoms with van der Waals surface area (Å²) in [6.45, 7) is 6.62. The molecule has 57 heavy (non-hydrogen) atoms. The monoisotopic (exact) mass is 805 g/mol. The lowest BCUT2D eigenvalue weighted by molar-refractivity contribution is -0.167. The van der Waals surface area contributed by atoms with Crippen molar-refractivity contribution in [1.29, 1.82) is 0 Å². The molecule has 0 aliphatic heterocycles. The van der Waals surface area contributed by atoms with E-state index >= 15 is 0 Å². The van der Waals surface area contributed by atoms with Crippen LogP contribution in [0.4, 0.5) is 0 Å². The van der Waals surface area contributed by atoms with Gasteiger partial charge in [0.15, 0.2) is 6.10 Å². The zero-order chi connectivity index (χ0) is 41.5. The van der Waals surface area contributed by atoms with E-state index in [1.165, 1.54) is 173 Å². The molecule has 0 spiro atoms. The lowest BCUT2D eigenvalue weighted by Gasteiger charge is -2.18. The van der Waals surface area contributed by atoms with Gasteiger partial charge in [0, 0.05) is 19.3 Å². The van der Waals surface area contributed by atoms with Crippen molar-refractivity contribution in [2.24, 2.45) is 0 Å². The molecule has 0 rings (SSSR count). The van der Waals surface area contributed by atoms with E-state index < -0.39 is 6.10 Å². The highest BCUT2D eigenvalue weighted by molar-refractivity contribution is 5.71. The number of carbonyl (C=O) groups is 3. The number of hydrogen-bond acceptors (Lipinski definition) is 6. The van der Waals surface area contributed by atoms with Crippen molar-refractivity contribution >= 4 is 17.9 Å². The Morgan fingerprint density at radius 2 is 0.596 bits per heavy atom. The Hall–Kier alpha value is -1.85. The first-order valence-electron chi connectivity index (χ1n) is 25.2. The van der Waals surface area contributed by atoms with Crippen molar-refractivity contribution in [3.8, 4) is 0 Å². The van der Waals surface area contributed by atoms with Gasteiger partial charge in [-0.1, -0.05) is 232 Å². The quantitative estimate of drug-likeness (QED) is 0.0264. The van der Waals surface area contributed by atoms with E-state index in [0.717, 1.165) is 64.2 Å². The van der Waals surface area contributed by atoms with Gasteiger partial charge in [0.25, 0.3) is 0 Å². The molecular weight excluding hydrogens is 709 g/mol. The summed E-state index contributed by atoms with van der Waals surface area (Å²) in [6.07, 6.45) is 50.5. The topological polar surface area (TPSA) is 78.9 Å². The molecule has 0 bridgehead atoms. The number of esters is 3. The molecule has 6 nitrogen and oxygen atoms in total. The smallest absolute Gasteiger partial charge is 0.306 e. The van der Waals surface area contributed by atoms with Crippen LogP contribution in [0.1, 0.15) is 278 Å². The van der Waals surface area contributed by atoms with Gasteiger partial charge in [-0.05, 0) is 38.5 Å². The largest absolute Gasteiger partial charge is 0.462 e. The van der Waals surface area contributed by atoms with Crippen molar-refractivity contribution in [2.75, 3.05) is 13.2 Å². The predicted octanol–water partition coefficient (Wildman–Crippen LogP) is 16.2. The Labute approximate surface area is 354 Å². The molecule has 0 N–H and O–H groups in total. The first kappa shape index (κ1) is 55.2. The van der Waals surface area contributed by atoms with Crippen LogP contribution in [-0.2, 0) is 28.6 Å². The first-order valence-corrected chi connectivity index (χ1v) is 25.2. The van der Waals surface area contributed by atoms with Crippen molar-refractivity contribution in [3.05, 3.63) is 12.2 Å². The summed E-state index contributed by atoms with van der Waals surface area (Å²) in [7, 11) is 0. The Balaban J connectivity index is 4.27. The lowest BCUT2D eigenvalue weighted by Crippen LogP contribution is -2.30. The molecule has 0 aromatic heterocycles. The highest BCUT2D eigenvalue weighted by Crippen LogP contribution is 2.16. The van der Waals surface area contributed by atoms with Crippen LogP contribution in [0.2, 0.25) is 0 Å². The zero-order valence-electron chi connectivity index (χ0n) is 38.4. The molecule has 0 aliphatic rings. The summed E-state index contributed by atoms with van der Waals surface area (Å²) in [4.78, 5) is 37.8. The van der Waals surface area contributed by atoms with Gasteiger partial charge >= 0.3 is 17.9 Å². The summed E-state index contributed by atoms with van der Waals surface area (Å²) in [5, 5.41) is 0. The van der Waals surface area contributed by atoms with E-state index in [1.54, 1.807) is 0 Å². The molecule has 0 unspecified atom stereocenters. The second kappa shape index (κ2) is 46.8. The Bertz CT molecular complexity index is 885. The Kier molecular flexibility index (Phi) is 45.3. The number of carbonyl (C=O) groups excluding carboxylic acids is 3. The molecule has 0 aromatic rings. The van der Waals surface area contributed by atoms with E-state index in [1.807, 2.05) is 0 Å². The number of allylic oxidation sites excluding steroid dienone is 2. The van der Waals surface area contributed by atoms with Crippen LogP contribution < -0.4 is 0 Å². The van der Waals surface area contributed by atoms with Gasteiger partial charge in [-0.3, -0.25) is 14.4 Å². The average Bonchev–Trinajstić information content (AvgIpc) is 3.21. The Morgan fingerprint density at radius 1 is 0.333 bits per heavy atom. The third-order valence-electron chi connectivity index (χ3n) is 11.3. The fourth-order valence-electron chi connectivity index (χ4n) is 7.42. The minimum absolute atomic E-state index is 0.0684. The number of ether oxygens (including phenoxy) is 3. The molecule has 6 heteroatoms. The van der Waals surface area contributed by atoms with Gasteiger partial charge in [0.2, 0.25) is 0 Å². The minimum atomic E-state index is -0.766. The highest BCUT2D eigenvalue weighted by Gasteiger charge is 2.19. The van der Waals surface area contributed by atoms with Gasteiger partial charge in [0.1, 0.15) is 13.2 Å².